The van der Waals surface area contributed by atoms with E-state index < -0.39 is 0 Å². The van der Waals surface area contributed by atoms with Gasteiger partial charge >= 0.3 is 0 Å². The summed E-state index contributed by atoms with van der Waals surface area (Å²) in [6.07, 6.45) is 1.88. The number of nitrogens with zero attached hydrogens (tertiary/aromatic N) is 3. The third kappa shape index (κ3) is 2.27. The highest BCUT2D eigenvalue weighted by Crippen LogP contribution is 2.18. The summed E-state index contributed by atoms with van der Waals surface area (Å²) in [6.45, 7) is 4.62. The smallest absolute Gasteiger partial charge is 0.101 e. The topological polar surface area (TPSA) is 67.6 Å². The van der Waals surface area contributed by atoms with Crippen molar-refractivity contribution in [3.05, 3.63) is 47.3 Å². The Morgan fingerprint density at radius 2 is 2.17 bits per heavy atom. The maximum absolute atomic E-state index is 9.18. The van der Waals surface area contributed by atoms with E-state index >= 15 is 0 Å². The molecule has 4 nitrogen and oxygen atoms in total. The van der Waals surface area contributed by atoms with E-state index in [9.17, 15) is 5.26 Å². The number of benzene rings is 1. The van der Waals surface area contributed by atoms with Gasteiger partial charge in [0.1, 0.15) is 6.07 Å². The fraction of sp³-hybridized carbons (Fsp3) is 0.286. The van der Waals surface area contributed by atoms with Crippen molar-refractivity contribution in [2.24, 2.45) is 5.73 Å². The van der Waals surface area contributed by atoms with Gasteiger partial charge in [0.2, 0.25) is 0 Å². The van der Waals surface area contributed by atoms with Crippen LogP contribution in [0.4, 0.5) is 0 Å². The quantitative estimate of drug-likeness (QED) is 0.895. The Morgan fingerprint density at radius 3 is 2.72 bits per heavy atom. The Morgan fingerprint density at radius 1 is 1.39 bits per heavy atom. The first-order chi connectivity index (χ1) is 8.65. The van der Waals surface area contributed by atoms with E-state index in [4.69, 9.17) is 5.73 Å². The van der Waals surface area contributed by atoms with E-state index in [0.717, 1.165) is 16.9 Å². The third-order valence-corrected chi connectivity index (χ3v) is 2.87. The molecule has 1 aromatic heterocycles. The lowest BCUT2D eigenvalue weighted by Crippen LogP contribution is -2.02. The molecule has 0 bridgehead atoms. The normalized spacial score (nSPS) is 10.6. The summed E-state index contributed by atoms with van der Waals surface area (Å²) >= 11 is 0. The van der Waals surface area contributed by atoms with Crippen molar-refractivity contribution in [3.8, 4) is 11.8 Å². The molecular formula is C14H16N4. The Bertz CT molecular complexity index is 590. The highest BCUT2D eigenvalue weighted by atomic mass is 15.3. The molecule has 0 aliphatic rings. The number of nitrogens with two attached hydrogens (primary N) is 1. The Balaban J connectivity index is 2.47. The molecule has 0 amide bonds. The second-order valence-electron chi connectivity index (χ2n) is 4.51. The summed E-state index contributed by atoms with van der Waals surface area (Å²) in [7, 11) is 0. The van der Waals surface area contributed by atoms with Gasteiger partial charge in [0.05, 0.1) is 16.9 Å². The number of nitriles is 1. The molecule has 0 radical (unpaired) electrons. The van der Waals surface area contributed by atoms with E-state index in [2.05, 4.69) is 25.0 Å². The summed E-state index contributed by atoms with van der Waals surface area (Å²) in [6, 6.07) is 9.79. The van der Waals surface area contributed by atoms with Gasteiger partial charge < -0.3 is 5.73 Å². The van der Waals surface area contributed by atoms with Crippen LogP contribution < -0.4 is 5.73 Å². The third-order valence-electron chi connectivity index (χ3n) is 2.87. The summed E-state index contributed by atoms with van der Waals surface area (Å²) in [5.41, 5.74) is 8.93. The van der Waals surface area contributed by atoms with Crippen LogP contribution >= 0.6 is 0 Å². The minimum Gasteiger partial charge on any atom is -0.326 e. The predicted octanol–water partition coefficient (Wildman–Crippen LogP) is 2.33. The number of rotatable bonds is 3. The lowest BCUT2D eigenvalue weighted by Gasteiger charge is -2.06. The zero-order valence-electron chi connectivity index (χ0n) is 10.6. The minimum absolute atomic E-state index is 0.375. The second-order valence-corrected chi connectivity index (χ2v) is 4.51. The fourth-order valence-corrected chi connectivity index (χ4v) is 1.78. The van der Waals surface area contributed by atoms with Crippen molar-refractivity contribution >= 4 is 0 Å². The molecule has 18 heavy (non-hydrogen) atoms. The maximum Gasteiger partial charge on any atom is 0.101 e. The molecule has 2 rings (SSSR count). The van der Waals surface area contributed by atoms with Gasteiger partial charge in [0.15, 0.2) is 0 Å². The Labute approximate surface area is 107 Å². The van der Waals surface area contributed by atoms with Gasteiger partial charge in [-0.15, -0.1) is 0 Å². The van der Waals surface area contributed by atoms with E-state index in [1.54, 1.807) is 4.68 Å². The standard InChI is InChI=1S/C14H16N4/c1-10(2)13-5-6-18(17-13)14-4-3-11(8-15)7-12(14)9-16/h3-7,10H,8,15H2,1-2H3. The molecule has 0 aliphatic carbocycles. The van der Waals surface area contributed by atoms with E-state index in [1.165, 1.54) is 0 Å². The van der Waals surface area contributed by atoms with Crippen molar-refractivity contribution in [3.63, 3.8) is 0 Å². The fourth-order valence-electron chi connectivity index (χ4n) is 1.78. The SMILES string of the molecule is CC(C)c1ccn(-c2ccc(CN)cc2C#N)n1. The molecule has 92 valence electrons. The van der Waals surface area contributed by atoms with Crippen LogP contribution in [0, 0.1) is 11.3 Å². The second kappa shape index (κ2) is 5.03. The molecule has 0 aliphatic heterocycles. The predicted molar refractivity (Wildman–Crippen MR) is 70.3 cm³/mol. The number of hydrogen-bond acceptors (Lipinski definition) is 3. The van der Waals surface area contributed by atoms with E-state index in [0.29, 0.717) is 18.0 Å². The first-order valence-electron chi connectivity index (χ1n) is 5.94. The lowest BCUT2D eigenvalue weighted by atomic mass is 10.1. The van der Waals surface area contributed by atoms with Gasteiger partial charge in [-0.1, -0.05) is 19.9 Å². The van der Waals surface area contributed by atoms with Crippen molar-refractivity contribution in [2.45, 2.75) is 26.3 Å². The Hall–Kier alpha value is -2.12. The summed E-state index contributed by atoms with van der Waals surface area (Å²) in [5, 5.41) is 13.7. The average Bonchev–Trinajstić information content (AvgIpc) is 2.87. The first-order valence-corrected chi connectivity index (χ1v) is 5.94. The highest BCUT2D eigenvalue weighted by Gasteiger charge is 2.09. The zero-order chi connectivity index (χ0) is 13.1. The van der Waals surface area contributed by atoms with Gasteiger partial charge in [0, 0.05) is 12.7 Å². The van der Waals surface area contributed by atoms with Crippen molar-refractivity contribution in [1.29, 1.82) is 5.26 Å². The van der Waals surface area contributed by atoms with Crippen LogP contribution in [0.3, 0.4) is 0 Å². The van der Waals surface area contributed by atoms with Gasteiger partial charge in [-0.2, -0.15) is 10.4 Å². The van der Waals surface area contributed by atoms with Gasteiger partial charge in [-0.3, -0.25) is 0 Å². The molecule has 0 atom stereocenters. The molecule has 2 N–H and O–H groups in total. The van der Waals surface area contributed by atoms with Crippen LogP contribution in [-0.2, 0) is 6.54 Å². The van der Waals surface area contributed by atoms with Gasteiger partial charge in [-0.05, 0) is 29.7 Å². The molecule has 0 saturated heterocycles. The van der Waals surface area contributed by atoms with Crippen LogP contribution in [-0.4, -0.2) is 9.78 Å². The molecule has 4 heteroatoms. The highest BCUT2D eigenvalue weighted by molar-refractivity contribution is 5.50. The number of hydrogen-bond donors (Lipinski definition) is 1. The van der Waals surface area contributed by atoms with Gasteiger partial charge in [-0.25, -0.2) is 4.68 Å². The largest absolute Gasteiger partial charge is 0.326 e. The van der Waals surface area contributed by atoms with E-state index in [-0.39, 0.29) is 0 Å². The number of aromatic nitrogens is 2. The maximum atomic E-state index is 9.18. The van der Waals surface area contributed by atoms with Crippen molar-refractivity contribution in [1.82, 2.24) is 9.78 Å². The molecule has 0 spiro atoms. The van der Waals surface area contributed by atoms with Crippen LogP contribution in [0.25, 0.3) is 5.69 Å². The van der Waals surface area contributed by atoms with Crippen LogP contribution in [0.1, 0.15) is 36.6 Å². The molecular weight excluding hydrogens is 224 g/mol. The van der Waals surface area contributed by atoms with Crippen LogP contribution in [0.15, 0.2) is 30.5 Å². The first kappa shape index (κ1) is 12.3. The minimum atomic E-state index is 0.375. The van der Waals surface area contributed by atoms with Crippen molar-refractivity contribution < 1.29 is 0 Å². The lowest BCUT2D eigenvalue weighted by molar-refractivity contribution is 0.767. The molecule has 1 heterocycles. The molecule has 0 fully saturated rings. The molecule has 1 aromatic carbocycles. The van der Waals surface area contributed by atoms with Crippen LogP contribution in [0.2, 0.25) is 0 Å². The Kier molecular flexibility index (Phi) is 3.45. The monoisotopic (exact) mass is 240 g/mol. The summed E-state index contributed by atoms with van der Waals surface area (Å²) < 4.78 is 1.74. The molecule has 0 saturated carbocycles. The van der Waals surface area contributed by atoms with Crippen molar-refractivity contribution in [2.75, 3.05) is 0 Å². The molecule has 0 unspecified atom stereocenters. The summed E-state index contributed by atoms with van der Waals surface area (Å²) in [5.74, 6) is 0.375. The van der Waals surface area contributed by atoms with E-state index in [1.807, 2.05) is 30.5 Å². The average molecular weight is 240 g/mol. The zero-order valence-corrected chi connectivity index (χ0v) is 10.6. The molecule has 2 aromatic rings. The van der Waals surface area contributed by atoms with Crippen LogP contribution in [0.5, 0.6) is 0 Å². The summed E-state index contributed by atoms with van der Waals surface area (Å²) in [4.78, 5) is 0. The van der Waals surface area contributed by atoms with Gasteiger partial charge in [0.25, 0.3) is 0 Å².